The summed E-state index contributed by atoms with van der Waals surface area (Å²) in [5.74, 6) is 0.431. The Morgan fingerprint density at radius 2 is 1.66 bits per heavy atom. The molecule has 1 aromatic carbocycles. The molecular formula is C32H55N5O6S. The van der Waals surface area contributed by atoms with Gasteiger partial charge >= 0.3 is 11.9 Å². The van der Waals surface area contributed by atoms with Crippen LogP contribution >= 0.6 is 11.8 Å². The number of nitrogens with zero attached hydrogens (tertiary/aromatic N) is 3. The number of carboxylic acids is 2. The number of carboxylic acid groups (broad SMARTS) is 2. The van der Waals surface area contributed by atoms with E-state index in [9.17, 15) is 0 Å². The smallest absolute Gasteiger partial charge is 0.414 e. The Bertz CT molecular complexity index is 971. The average Bonchev–Trinajstić information content (AvgIpc) is 3.73. The van der Waals surface area contributed by atoms with Gasteiger partial charge in [0.1, 0.15) is 5.75 Å². The minimum Gasteiger partial charge on any atom is -0.493 e. The Kier molecular flexibility index (Phi) is 31.9. The number of aliphatic carboxylic acids is 2. The van der Waals surface area contributed by atoms with Gasteiger partial charge in [0.05, 0.1) is 6.61 Å². The quantitative estimate of drug-likeness (QED) is 0.124. The molecule has 1 aliphatic rings. The Morgan fingerprint density at radius 3 is 2.18 bits per heavy atom. The predicted octanol–water partition coefficient (Wildman–Crippen LogP) is 5.11. The highest BCUT2D eigenvalue weighted by atomic mass is 32.2. The number of rotatable bonds is 14. The van der Waals surface area contributed by atoms with Crippen molar-refractivity contribution in [1.82, 2.24) is 25.7 Å². The normalized spacial score (nSPS) is 12.1. The van der Waals surface area contributed by atoms with Crippen LogP contribution in [-0.4, -0.2) is 102 Å². The molecule has 0 bridgehead atoms. The molecule has 0 radical (unpaired) electrons. The maximum Gasteiger partial charge on any atom is 0.414 e. The largest absolute Gasteiger partial charge is 0.493 e. The first-order chi connectivity index (χ1) is 21.4. The molecule has 0 amide bonds. The lowest BCUT2D eigenvalue weighted by Crippen LogP contribution is -2.23. The fourth-order valence-electron chi connectivity index (χ4n) is 3.30. The summed E-state index contributed by atoms with van der Waals surface area (Å²) in [6, 6.07) is 9.85. The third-order valence-electron chi connectivity index (χ3n) is 5.33. The zero-order chi connectivity index (χ0) is 33.3. The molecule has 0 aliphatic carbocycles. The van der Waals surface area contributed by atoms with E-state index in [0.717, 1.165) is 36.8 Å². The minimum absolute atomic E-state index is 0.569. The van der Waals surface area contributed by atoms with Gasteiger partial charge in [0.2, 0.25) is 11.8 Å². The van der Waals surface area contributed by atoms with Gasteiger partial charge in [-0.25, -0.2) is 9.59 Å². The number of likely N-dealkylation sites (tertiary alicyclic amines) is 1. The highest BCUT2D eigenvalue weighted by molar-refractivity contribution is 7.99. The number of nitrogens with one attached hydrogen (secondary N) is 2. The average molecular weight is 638 g/mol. The van der Waals surface area contributed by atoms with Crippen LogP contribution in [-0.2, 0) is 16.0 Å². The van der Waals surface area contributed by atoms with Gasteiger partial charge in [-0.3, -0.25) is 0 Å². The number of ether oxygens (including phenoxy) is 1. The number of para-hydroxylation sites is 1. The third-order valence-corrected chi connectivity index (χ3v) is 6.28. The molecule has 0 saturated carbocycles. The van der Waals surface area contributed by atoms with Crippen molar-refractivity contribution in [2.45, 2.75) is 53.4 Å². The molecule has 2 aromatic rings. The lowest BCUT2D eigenvalue weighted by Gasteiger charge is -2.13. The molecule has 1 aromatic heterocycles. The minimum atomic E-state index is -1.82. The molecule has 4 N–H and O–H groups in total. The van der Waals surface area contributed by atoms with Crippen molar-refractivity contribution in [3.63, 3.8) is 0 Å². The number of allylic oxidation sites excluding steroid dienone is 2. The van der Waals surface area contributed by atoms with Crippen LogP contribution in [0.4, 0.5) is 0 Å². The number of aromatic nitrogens is 2. The predicted molar refractivity (Wildman–Crippen MR) is 182 cm³/mol. The van der Waals surface area contributed by atoms with E-state index in [1.54, 1.807) is 6.08 Å². The van der Waals surface area contributed by atoms with Crippen LogP contribution in [0.2, 0.25) is 0 Å². The number of hydrogen-bond donors (Lipinski definition) is 4. The van der Waals surface area contributed by atoms with E-state index in [1.807, 2.05) is 96.0 Å². The first-order valence-corrected chi connectivity index (χ1v) is 16.3. The molecule has 0 spiro atoms. The van der Waals surface area contributed by atoms with Crippen LogP contribution < -0.4 is 15.4 Å². The van der Waals surface area contributed by atoms with E-state index in [-0.39, 0.29) is 0 Å². The number of aryl methyl sites for hydroxylation is 1. The Hall–Kier alpha value is -3.19. The molecule has 11 nitrogen and oxygen atoms in total. The fraction of sp³-hybridized carbons (Fsp3) is 0.562. The van der Waals surface area contributed by atoms with Gasteiger partial charge in [0.25, 0.3) is 0 Å². The number of likely N-dealkylation sites (N-methyl/N-ethyl adjacent to an activating group) is 1. The Labute approximate surface area is 268 Å². The highest BCUT2D eigenvalue weighted by Gasteiger charge is 2.09. The highest BCUT2D eigenvalue weighted by Crippen LogP contribution is 2.11. The SMILES string of the molecule is C/C=C/c1nnc(CCSCCOc2ccccc2)o1.C/C=C\CNC.CC.CNCCCN1CCCC1.O=C(O)C(=O)O. The van der Waals surface area contributed by atoms with Gasteiger partial charge in [0, 0.05) is 24.5 Å². The Balaban J connectivity index is 0. The molecule has 1 aliphatic heterocycles. The summed E-state index contributed by atoms with van der Waals surface area (Å²) >= 11 is 1.82. The Morgan fingerprint density at radius 1 is 1.00 bits per heavy atom. The van der Waals surface area contributed by atoms with Crippen LogP contribution in [0.1, 0.15) is 58.7 Å². The number of benzene rings is 1. The van der Waals surface area contributed by atoms with E-state index in [4.69, 9.17) is 29.0 Å². The van der Waals surface area contributed by atoms with Crippen LogP contribution in [0.15, 0.2) is 53.0 Å². The molecular weight excluding hydrogens is 582 g/mol. The molecule has 0 atom stereocenters. The molecule has 12 heteroatoms. The van der Waals surface area contributed by atoms with E-state index in [1.165, 1.54) is 38.9 Å². The van der Waals surface area contributed by atoms with Crippen LogP contribution in [0.3, 0.4) is 0 Å². The van der Waals surface area contributed by atoms with Crippen molar-refractivity contribution < 1.29 is 29.0 Å². The second-order valence-corrected chi connectivity index (χ2v) is 10.0. The van der Waals surface area contributed by atoms with Crippen LogP contribution in [0.25, 0.3) is 6.08 Å². The zero-order valence-corrected chi connectivity index (χ0v) is 28.3. The van der Waals surface area contributed by atoms with Crippen molar-refractivity contribution >= 4 is 29.8 Å². The monoisotopic (exact) mass is 637 g/mol. The van der Waals surface area contributed by atoms with Gasteiger partial charge in [-0.2, -0.15) is 11.8 Å². The van der Waals surface area contributed by atoms with E-state index < -0.39 is 11.9 Å². The topological polar surface area (TPSA) is 150 Å². The standard InChI is InChI=1S/C15H18N2O2S.C8H18N2.C5H11N.C2H2O4.C2H6/c1-2-6-14-16-17-15(19-14)9-11-20-12-10-18-13-7-4-3-5-8-13;1-9-5-4-8-10-6-2-3-7-10;1-3-4-5-6-2;3-1(4)2(5)6;1-2/h2-8H,9-12H2,1H3;9H,2-8H2,1H3;3-4,6H,5H2,1-2H3;(H,3,4)(H,5,6);1-2H3/b6-2+;;4-3-;;. The molecule has 2 heterocycles. The first-order valence-electron chi connectivity index (χ1n) is 15.2. The summed E-state index contributed by atoms with van der Waals surface area (Å²) in [4.78, 5) is 20.8. The maximum atomic E-state index is 9.10. The molecule has 1 saturated heterocycles. The summed E-state index contributed by atoms with van der Waals surface area (Å²) < 4.78 is 11.1. The number of carbonyl (C=O) groups is 2. The summed E-state index contributed by atoms with van der Waals surface area (Å²) in [5, 5.41) is 28.8. The molecule has 44 heavy (non-hydrogen) atoms. The summed E-state index contributed by atoms with van der Waals surface area (Å²) in [6.45, 7) is 14.8. The van der Waals surface area contributed by atoms with Gasteiger partial charge in [-0.15, -0.1) is 10.2 Å². The number of thioether (sulfide) groups is 1. The molecule has 250 valence electrons. The lowest BCUT2D eigenvalue weighted by molar-refractivity contribution is -0.159. The van der Waals surface area contributed by atoms with E-state index in [2.05, 4.69) is 31.8 Å². The summed E-state index contributed by atoms with van der Waals surface area (Å²) in [7, 11) is 3.95. The summed E-state index contributed by atoms with van der Waals surface area (Å²) in [6.07, 6.45) is 12.7. The first kappa shape index (κ1) is 42.9. The van der Waals surface area contributed by atoms with E-state index in [0.29, 0.717) is 18.4 Å². The van der Waals surface area contributed by atoms with Crippen molar-refractivity contribution in [3.8, 4) is 5.75 Å². The van der Waals surface area contributed by atoms with E-state index >= 15 is 0 Å². The second kappa shape index (κ2) is 32.7. The third kappa shape index (κ3) is 27.6. The fourth-order valence-corrected chi connectivity index (χ4v) is 4.02. The molecule has 1 fully saturated rings. The maximum absolute atomic E-state index is 9.10. The second-order valence-electron chi connectivity index (χ2n) is 8.80. The number of hydrogen-bond acceptors (Lipinski definition) is 10. The zero-order valence-electron chi connectivity index (χ0n) is 27.5. The van der Waals surface area contributed by atoms with Gasteiger partial charge in [0.15, 0.2) is 0 Å². The van der Waals surface area contributed by atoms with Gasteiger partial charge in [-0.05, 0) is 91.6 Å². The van der Waals surface area contributed by atoms with Crippen LogP contribution in [0.5, 0.6) is 5.75 Å². The molecule has 0 unspecified atom stereocenters. The summed E-state index contributed by atoms with van der Waals surface area (Å²) in [5.41, 5.74) is 0. The van der Waals surface area contributed by atoms with Crippen molar-refractivity contribution in [1.29, 1.82) is 0 Å². The van der Waals surface area contributed by atoms with Gasteiger partial charge in [-0.1, -0.05) is 50.3 Å². The molecule has 3 rings (SSSR count). The van der Waals surface area contributed by atoms with Crippen molar-refractivity contribution in [3.05, 3.63) is 60.3 Å². The lowest BCUT2D eigenvalue weighted by atomic mass is 10.3. The van der Waals surface area contributed by atoms with Crippen LogP contribution in [0, 0.1) is 0 Å². The van der Waals surface area contributed by atoms with Crippen molar-refractivity contribution in [2.24, 2.45) is 0 Å². The van der Waals surface area contributed by atoms with Gasteiger partial charge < -0.3 is 34.9 Å². The van der Waals surface area contributed by atoms with Crippen molar-refractivity contribution in [2.75, 3.05) is 64.9 Å².